The van der Waals surface area contributed by atoms with Crippen molar-refractivity contribution in [3.05, 3.63) is 35.9 Å². The summed E-state index contributed by atoms with van der Waals surface area (Å²) in [6, 6.07) is 10.3. The van der Waals surface area contributed by atoms with Crippen LogP contribution in [0.4, 0.5) is 4.79 Å². The molecule has 1 aromatic rings. The number of amides is 3. The number of nitrogens with zero attached hydrogens (tertiary/aromatic N) is 2. The quantitative estimate of drug-likeness (QED) is 0.791. The van der Waals surface area contributed by atoms with Crippen molar-refractivity contribution < 1.29 is 9.59 Å². The second-order valence-electron chi connectivity index (χ2n) is 6.79. The molecule has 25 heavy (non-hydrogen) atoms. The Kier molecular flexibility index (Phi) is 7.25. The number of rotatable bonds is 7. The molecule has 0 radical (unpaired) electrons. The second-order valence-corrected chi connectivity index (χ2v) is 6.79. The van der Waals surface area contributed by atoms with Crippen molar-refractivity contribution in [2.24, 2.45) is 0 Å². The van der Waals surface area contributed by atoms with Crippen LogP contribution in [0.15, 0.2) is 30.3 Å². The Morgan fingerprint density at radius 3 is 2.60 bits per heavy atom. The predicted octanol–water partition coefficient (Wildman–Crippen LogP) is 1.82. The average molecular weight is 346 g/mol. The van der Waals surface area contributed by atoms with Crippen molar-refractivity contribution >= 4 is 11.9 Å². The first-order chi connectivity index (χ1) is 12.0. The van der Waals surface area contributed by atoms with Crippen LogP contribution in [0.3, 0.4) is 0 Å². The highest BCUT2D eigenvalue weighted by molar-refractivity contribution is 5.84. The average Bonchev–Trinajstić information content (AvgIpc) is 3.07. The van der Waals surface area contributed by atoms with Crippen LogP contribution in [0.5, 0.6) is 0 Å². The third-order valence-corrected chi connectivity index (χ3v) is 4.64. The minimum Gasteiger partial charge on any atom is -0.337 e. The molecule has 0 bridgehead atoms. The topological polar surface area (TPSA) is 64.7 Å². The van der Waals surface area contributed by atoms with Gasteiger partial charge in [-0.2, -0.15) is 0 Å². The van der Waals surface area contributed by atoms with Gasteiger partial charge in [0.1, 0.15) is 0 Å². The fraction of sp³-hybridized carbons (Fsp3) is 0.579. The molecule has 1 fully saturated rings. The van der Waals surface area contributed by atoms with Gasteiger partial charge in [0.25, 0.3) is 0 Å². The van der Waals surface area contributed by atoms with Gasteiger partial charge < -0.3 is 15.5 Å². The van der Waals surface area contributed by atoms with Crippen molar-refractivity contribution in [2.45, 2.75) is 45.8 Å². The summed E-state index contributed by atoms with van der Waals surface area (Å²) in [6.07, 6.45) is 0.953. The Bertz CT molecular complexity index is 562. The van der Waals surface area contributed by atoms with E-state index in [9.17, 15) is 9.59 Å². The van der Waals surface area contributed by atoms with Crippen molar-refractivity contribution in [2.75, 3.05) is 26.2 Å². The van der Waals surface area contributed by atoms with Crippen LogP contribution in [0.2, 0.25) is 0 Å². The van der Waals surface area contributed by atoms with Gasteiger partial charge in [0.15, 0.2) is 0 Å². The lowest BCUT2D eigenvalue weighted by Crippen LogP contribution is -2.47. The highest BCUT2D eigenvalue weighted by atomic mass is 16.2. The van der Waals surface area contributed by atoms with Crippen molar-refractivity contribution in [1.82, 2.24) is 20.4 Å². The third kappa shape index (κ3) is 6.05. The smallest absolute Gasteiger partial charge is 0.315 e. The molecule has 0 spiro atoms. The van der Waals surface area contributed by atoms with E-state index in [2.05, 4.69) is 29.4 Å². The van der Waals surface area contributed by atoms with E-state index in [0.717, 1.165) is 25.1 Å². The number of likely N-dealkylation sites (tertiary alicyclic amines) is 1. The molecule has 138 valence electrons. The molecular formula is C19H30N4O2. The summed E-state index contributed by atoms with van der Waals surface area (Å²) in [7, 11) is 0. The van der Waals surface area contributed by atoms with E-state index in [1.54, 1.807) is 4.90 Å². The van der Waals surface area contributed by atoms with E-state index in [0.29, 0.717) is 19.1 Å². The zero-order valence-corrected chi connectivity index (χ0v) is 15.5. The summed E-state index contributed by atoms with van der Waals surface area (Å²) in [5.41, 5.74) is 1.09. The highest BCUT2D eigenvalue weighted by Gasteiger charge is 2.25. The van der Waals surface area contributed by atoms with Gasteiger partial charge in [-0.15, -0.1) is 0 Å². The molecule has 0 unspecified atom stereocenters. The molecule has 1 aliphatic heterocycles. The normalized spacial score (nSPS) is 17.5. The van der Waals surface area contributed by atoms with Gasteiger partial charge in [-0.25, -0.2) is 4.79 Å². The Morgan fingerprint density at radius 1 is 1.28 bits per heavy atom. The van der Waals surface area contributed by atoms with Crippen LogP contribution in [0.1, 0.15) is 32.8 Å². The van der Waals surface area contributed by atoms with Crippen LogP contribution in [0.25, 0.3) is 0 Å². The standard InChI is InChI=1S/C19H30N4O2/c1-4-22(13-16-8-6-5-7-9-16)18(24)12-20-19(25)21-17-10-11-23(14-17)15(2)3/h5-9,15,17H,4,10-14H2,1-3H3,(H2,20,21,25)/t17-/m0/s1. The van der Waals surface area contributed by atoms with Gasteiger partial charge >= 0.3 is 6.03 Å². The summed E-state index contributed by atoms with van der Waals surface area (Å²) in [5, 5.41) is 5.66. The summed E-state index contributed by atoms with van der Waals surface area (Å²) in [5.74, 6) is -0.0725. The summed E-state index contributed by atoms with van der Waals surface area (Å²) in [6.45, 7) is 9.33. The molecular weight excluding hydrogens is 316 g/mol. The molecule has 3 amide bonds. The lowest BCUT2D eigenvalue weighted by atomic mass is 10.2. The number of carbonyl (C=O) groups excluding carboxylic acids is 2. The van der Waals surface area contributed by atoms with Gasteiger partial charge in [0.05, 0.1) is 6.54 Å². The van der Waals surface area contributed by atoms with Gasteiger partial charge in [-0.3, -0.25) is 9.69 Å². The molecule has 1 aliphatic rings. The van der Waals surface area contributed by atoms with E-state index in [1.807, 2.05) is 37.3 Å². The number of hydrogen-bond acceptors (Lipinski definition) is 3. The van der Waals surface area contributed by atoms with E-state index in [1.165, 1.54) is 0 Å². The molecule has 0 aliphatic carbocycles. The second kappa shape index (κ2) is 9.42. The number of likely N-dealkylation sites (N-methyl/N-ethyl adjacent to an activating group) is 1. The Balaban J connectivity index is 1.73. The van der Waals surface area contributed by atoms with Crippen LogP contribution >= 0.6 is 0 Å². The lowest BCUT2D eigenvalue weighted by molar-refractivity contribution is -0.130. The van der Waals surface area contributed by atoms with E-state index < -0.39 is 0 Å². The molecule has 0 saturated carbocycles. The highest BCUT2D eigenvalue weighted by Crippen LogP contribution is 2.12. The SMILES string of the molecule is CCN(Cc1ccccc1)C(=O)CNC(=O)N[C@H]1CCN(C(C)C)C1. The first-order valence-electron chi connectivity index (χ1n) is 9.09. The summed E-state index contributed by atoms with van der Waals surface area (Å²) in [4.78, 5) is 28.5. The van der Waals surface area contributed by atoms with E-state index >= 15 is 0 Å². The fourth-order valence-corrected chi connectivity index (χ4v) is 3.06. The maximum Gasteiger partial charge on any atom is 0.315 e. The first-order valence-corrected chi connectivity index (χ1v) is 9.09. The maximum absolute atomic E-state index is 12.3. The number of carbonyl (C=O) groups is 2. The monoisotopic (exact) mass is 346 g/mol. The van der Waals surface area contributed by atoms with Crippen LogP contribution in [-0.4, -0.2) is 60.0 Å². The van der Waals surface area contributed by atoms with Gasteiger partial charge in [-0.05, 0) is 32.8 Å². The maximum atomic E-state index is 12.3. The molecule has 1 aromatic carbocycles. The predicted molar refractivity (Wildman–Crippen MR) is 99.2 cm³/mol. The Morgan fingerprint density at radius 2 is 2.00 bits per heavy atom. The zero-order valence-electron chi connectivity index (χ0n) is 15.5. The molecule has 1 atom stereocenters. The number of hydrogen-bond donors (Lipinski definition) is 2. The number of nitrogens with one attached hydrogen (secondary N) is 2. The van der Waals surface area contributed by atoms with E-state index in [4.69, 9.17) is 0 Å². The summed E-state index contributed by atoms with van der Waals surface area (Å²) >= 11 is 0. The lowest BCUT2D eigenvalue weighted by Gasteiger charge is -2.22. The zero-order chi connectivity index (χ0) is 18.2. The van der Waals surface area contributed by atoms with Crippen molar-refractivity contribution in [3.63, 3.8) is 0 Å². The van der Waals surface area contributed by atoms with Gasteiger partial charge in [-0.1, -0.05) is 30.3 Å². The minimum absolute atomic E-state index is 0.0210. The van der Waals surface area contributed by atoms with Gasteiger partial charge in [0.2, 0.25) is 5.91 Å². The molecule has 2 N–H and O–H groups in total. The fourth-order valence-electron chi connectivity index (χ4n) is 3.06. The van der Waals surface area contributed by atoms with E-state index in [-0.39, 0.29) is 24.5 Å². The molecule has 1 saturated heterocycles. The third-order valence-electron chi connectivity index (χ3n) is 4.64. The number of urea groups is 1. The molecule has 2 rings (SSSR count). The molecule has 6 nitrogen and oxygen atoms in total. The molecule has 0 aromatic heterocycles. The first kappa shape index (κ1) is 19.2. The molecule has 6 heteroatoms. The Hall–Kier alpha value is -2.08. The van der Waals surface area contributed by atoms with Crippen molar-refractivity contribution in [1.29, 1.82) is 0 Å². The Labute approximate surface area is 150 Å². The largest absolute Gasteiger partial charge is 0.337 e. The molecule has 1 heterocycles. The van der Waals surface area contributed by atoms with Crippen LogP contribution in [-0.2, 0) is 11.3 Å². The summed E-state index contributed by atoms with van der Waals surface area (Å²) < 4.78 is 0. The van der Waals surface area contributed by atoms with Crippen LogP contribution < -0.4 is 10.6 Å². The van der Waals surface area contributed by atoms with Crippen molar-refractivity contribution in [3.8, 4) is 0 Å². The minimum atomic E-state index is -0.264. The van der Waals surface area contributed by atoms with Gasteiger partial charge in [0, 0.05) is 38.3 Å². The number of benzene rings is 1. The van der Waals surface area contributed by atoms with Crippen LogP contribution in [0, 0.1) is 0 Å².